The third kappa shape index (κ3) is 9.09. The summed E-state index contributed by atoms with van der Waals surface area (Å²) in [7, 11) is 0. The van der Waals surface area contributed by atoms with Crippen molar-refractivity contribution < 1.29 is 20.4 Å². The first-order valence-corrected chi connectivity index (χ1v) is 9.03. The Kier molecular flexibility index (Phi) is 13.2. The summed E-state index contributed by atoms with van der Waals surface area (Å²) in [5.74, 6) is 0.815. The van der Waals surface area contributed by atoms with Gasteiger partial charge in [-0.1, -0.05) is 71.6 Å². The average molecular weight is 318 g/mol. The van der Waals surface area contributed by atoms with Gasteiger partial charge >= 0.3 is 0 Å². The molecule has 0 heterocycles. The SMILES string of the molecule is CC(C)CCCCCCCCCCC(O)C(CO)(CO)CO. The lowest BCUT2D eigenvalue weighted by Crippen LogP contribution is -2.45. The average Bonchev–Trinajstić information content (AvgIpc) is 2.51. The minimum atomic E-state index is -1.16. The molecule has 0 aliphatic rings. The summed E-state index contributed by atoms with van der Waals surface area (Å²) >= 11 is 0. The molecule has 0 spiro atoms. The lowest BCUT2D eigenvalue weighted by molar-refractivity contribution is -0.0863. The highest BCUT2D eigenvalue weighted by molar-refractivity contribution is 4.84. The summed E-state index contributed by atoms with van der Waals surface area (Å²) in [5, 5.41) is 37.8. The lowest BCUT2D eigenvalue weighted by atomic mass is 9.82. The van der Waals surface area contributed by atoms with Gasteiger partial charge in [0.2, 0.25) is 0 Å². The topological polar surface area (TPSA) is 80.9 Å². The van der Waals surface area contributed by atoms with E-state index in [2.05, 4.69) is 13.8 Å². The van der Waals surface area contributed by atoms with E-state index >= 15 is 0 Å². The molecule has 0 saturated heterocycles. The zero-order chi connectivity index (χ0) is 16.8. The van der Waals surface area contributed by atoms with Gasteiger partial charge in [-0.25, -0.2) is 0 Å². The van der Waals surface area contributed by atoms with Crippen molar-refractivity contribution >= 4 is 0 Å². The molecule has 1 atom stereocenters. The van der Waals surface area contributed by atoms with E-state index in [-0.39, 0.29) is 0 Å². The number of unbranched alkanes of at least 4 members (excludes halogenated alkanes) is 7. The number of rotatable bonds is 15. The number of aliphatic hydroxyl groups is 4. The van der Waals surface area contributed by atoms with Gasteiger partial charge in [-0.3, -0.25) is 0 Å². The van der Waals surface area contributed by atoms with Crippen molar-refractivity contribution in [3.8, 4) is 0 Å². The molecule has 0 aliphatic heterocycles. The summed E-state index contributed by atoms with van der Waals surface area (Å²) < 4.78 is 0. The normalized spacial score (nSPS) is 13.8. The molecule has 0 amide bonds. The van der Waals surface area contributed by atoms with Crippen LogP contribution in [0.1, 0.15) is 78.1 Å². The molecule has 0 aromatic heterocycles. The maximum absolute atomic E-state index is 10.0. The van der Waals surface area contributed by atoms with Crippen molar-refractivity contribution in [1.82, 2.24) is 0 Å². The minimum absolute atomic E-state index is 0.391. The van der Waals surface area contributed by atoms with Crippen LogP contribution in [0.4, 0.5) is 0 Å². The van der Waals surface area contributed by atoms with Crippen molar-refractivity contribution in [2.24, 2.45) is 11.3 Å². The van der Waals surface area contributed by atoms with Crippen molar-refractivity contribution in [3.63, 3.8) is 0 Å². The largest absolute Gasteiger partial charge is 0.396 e. The van der Waals surface area contributed by atoms with E-state index in [1.165, 1.54) is 44.9 Å². The monoisotopic (exact) mass is 318 g/mol. The Bertz CT molecular complexity index is 231. The second-order valence-corrected chi connectivity index (χ2v) is 7.15. The molecule has 0 bridgehead atoms. The molecular weight excluding hydrogens is 280 g/mol. The van der Waals surface area contributed by atoms with Crippen LogP contribution >= 0.6 is 0 Å². The summed E-state index contributed by atoms with van der Waals surface area (Å²) in [6.07, 6.45) is 10.6. The van der Waals surface area contributed by atoms with Gasteiger partial charge in [0.25, 0.3) is 0 Å². The van der Waals surface area contributed by atoms with Gasteiger partial charge in [0, 0.05) is 0 Å². The first kappa shape index (κ1) is 21.8. The minimum Gasteiger partial charge on any atom is -0.396 e. The van der Waals surface area contributed by atoms with Gasteiger partial charge < -0.3 is 20.4 Å². The number of hydrogen-bond donors (Lipinski definition) is 4. The van der Waals surface area contributed by atoms with Crippen LogP contribution in [0.3, 0.4) is 0 Å². The van der Waals surface area contributed by atoms with E-state index in [1.807, 2.05) is 0 Å². The lowest BCUT2D eigenvalue weighted by Gasteiger charge is -2.32. The number of hydrogen-bond acceptors (Lipinski definition) is 4. The van der Waals surface area contributed by atoms with Crippen LogP contribution in [0.15, 0.2) is 0 Å². The molecule has 0 aliphatic carbocycles. The van der Waals surface area contributed by atoms with Crippen LogP contribution in [0, 0.1) is 11.3 Å². The van der Waals surface area contributed by atoms with Crippen LogP contribution in [0.5, 0.6) is 0 Å². The molecular formula is C18H38O4. The van der Waals surface area contributed by atoms with Crippen LogP contribution in [-0.2, 0) is 0 Å². The molecule has 0 saturated carbocycles. The third-order valence-electron chi connectivity index (χ3n) is 4.66. The summed E-state index contributed by atoms with van der Waals surface area (Å²) in [6, 6.07) is 0. The van der Waals surface area contributed by atoms with Crippen LogP contribution in [-0.4, -0.2) is 46.4 Å². The van der Waals surface area contributed by atoms with Gasteiger partial charge in [-0.2, -0.15) is 0 Å². The molecule has 134 valence electrons. The summed E-state index contributed by atoms with van der Waals surface area (Å²) in [4.78, 5) is 0. The van der Waals surface area contributed by atoms with Gasteiger partial charge in [0.1, 0.15) is 0 Å². The van der Waals surface area contributed by atoms with E-state index in [0.717, 1.165) is 18.8 Å². The molecule has 0 aromatic rings. The fourth-order valence-electron chi connectivity index (χ4n) is 2.72. The Labute approximate surface area is 136 Å². The zero-order valence-corrected chi connectivity index (χ0v) is 14.6. The van der Waals surface area contributed by atoms with Gasteiger partial charge in [0.05, 0.1) is 31.3 Å². The van der Waals surface area contributed by atoms with Gasteiger partial charge in [0.15, 0.2) is 0 Å². The second-order valence-electron chi connectivity index (χ2n) is 7.15. The maximum Gasteiger partial charge on any atom is 0.0662 e. The summed E-state index contributed by atoms with van der Waals surface area (Å²) in [6.45, 7) is 3.37. The number of aliphatic hydroxyl groups excluding tert-OH is 4. The van der Waals surface area contributed by atoms with Crippen molar-refractivity contribution in [1.29, 1.82) is 0 Å². The molecule has 0 rings (SSSR count). The predicted molar refractivity (Wildman–Crippen MR) is 90.7 cm³/mol. The summed E-state index contributed by atoms with van der Waals surface area (Å²) in [5.41, 5.74) is -1.16. The predicted octanol–water partition coefficient (Wildman–Crippen LogP) is 2.87. The van der Waals surface area contributed by atoms with E-state index in [1.54, 1.807) is 0 Å². The molecule has 0 fully saturated rings. The molecule has 4 N–H and O–H groups in total. The third-order valence-corrected chi connectivity index (χ3v) is 4.66. The zero-order valence-electron chi connectivity index (χ0n) is 14.6. The molecule has 4 nitrogen and oxygen atoms in total. The van der Waals surface area contributed by atoms with Crippen molar-refractivity contribution in [2.75, 3.05) is 19.8 Å². The Balaban J connectivity index is 3.53. The quantitative estimate of drug-likeness (QED) is 0.350. The highest BCUT2D eigenvalue weighted by atomic mass is 16.3. The van der Waals surface area contributed by atoms with Gasteiger partial charge in [-0.05, 0) is 12.3 Å². The standard InChI is InChI=1S/C18H38O4/c1-16(2)11-9-7-5-3-4-6-8-10-12-17(22)18(13-19,14-20)15-21/h16-17,19-22H,3-15H2,1-2H3. The first-order chi connectivity index (χ1) is 10.5. The van der Waals surface area contributed by atoms with Crippen LogP contribution in [0.2, 0.25) is 0 Å². The second kappa shape index (κ2) is 13.3. The van der Waals surface area contributed by atoms with E-state index < -0.39 is 31.3 Å². The molecule has 0 radical (unpaired) electrons. The fraction of sp³-hybridized carbons (Fsp3) is 1.00. The van der Waals surface area contributed by atoms with E-state index in [4.69, 9.17) is 0 Å². The Morgan fingerprint density at radius 3 is 1.36 bits per heavy atom. The Hall–Kier alpha value is -0.160. The maximum atomic E-state index is 10.0. The molecule has 1 unspecified atom stereocenters. The highest BCUT2D eigenvalue weighted by Crippen LogP contribution is 2.24. The first-order valence-electron chi connectivity index (χ1n) is 9.03. The van der Waals surface area contributed by atoms with E-state index in [9.17, 15) is 20.4 Å². The van der Waals surface area contributed by atoms with Crippen molar-refractivity contribution in [2.45, 2.75) is 84.2 Å². The van der Waals surface area contributed by atoms with E-state index in [0.29, 0.717) is 6.42 Å². The molecule has 22 heavy (non-hydrogen) atoms. The molecule has 0 aromatic carbocycles. The smallest absolute Gasteiger partial charge is 0.0662 e. The van der Waals surface area contributed by atoms with Crippen LogP contribution < -0.4 is 0 Å². The Morgan fingerprint density at radius 1 is 0.636 bits per heavy atom. The van der Waals surface area contributed by atoms with Crippen molar-refractivity contribution in [3.05, 3.63) is 0 Å². The highest BCUT2D eigenvalue weighted by Gasteiger charge is 2.35. The molecule has 4 heteroatoms. The van der Waals surface area contributed by atoms with Gasteiger partial charge in [-0.15, -0.1) is 0 Å². The Morgan fingerprint density at radius 2 is 1.00 bits per heavy atom. The fourth-order valence-corrected chi connectivity index (χ4v) is 2.72. The van der Waals surface area contributed by atoms with Crippen LogP contribution in [0.25, 0.3) is 0 Å².